The summed E-state index contributed by atoms with van der Waals surface area (Å²) in [7, 11) is -4.22. The Bertz CT molecular complexity index is 1420. The fourth-order valence-corrected chi connectivity index (χ4v) is 6.07. The van der Waals surface area contributed by atoms with Gasteiger partial charge in [-0.05, 0) is 75.1 Å². The first-order valence-corrected chi connectivity index (χ1v) is 15.9. The molecule has 0 aromatic heterocycles. The highest BCUT2D eigenvalue weighted by Crippen LogP contribution is 2.33. The first-order valence-electron chi connectivity index (χ1n) is 12.8. The Hall–Kier alpha value is -3.21. The lowest BCUT2D eigenvalue weighted by Crippen LogP contribution is -2.51. The molecule has 0 saturated heterocycles. The number of ether oxygens (including phenoxy) is 1. The number of para-hydroxylation sites is 2. The van der Waals surface area contributed by atoms with Gasteiger partial charge in [0, 0.05) is 23.0 Å². The van der Waals surface area contributed by atoms with E-state index in [9.17, 15) is 18.0 Å². The maximum Gasteiger partial charge on any atom is 0.264 e. The van der Waals surface area contributed by atoms with E-state index >= 15 is 0 Å². The molecule has 1 N–H and O–H groups in total. The molecule has 3 aromatic carbocycles. The van der Waals surface area contributed by atoms with Crippen LogP contribution in [0, 0.1) is 0 Å². The molecule has 0 radical (unpaired) electrons. The number of rotatable bonds is 13. The number of nitrogens with one attached hydrogen (secondary N) is 1. The van der Waals surface area contributed by atoms with Crippen LogP contribution in [0.2, 0.25) is 5.02 Å². The van der Waals surface area contributed by atoms with E-state index in [2.05, 4.69) is 5.32 Å². The average molecular weight is 604 g/mol. The van der Waals surface area contributed by atoms with E-state index in [0.29, 0.717) is 29.5 Å². The normalized spacial score (nSPS) is 11.9. The fraction of sp³-hybridized carbons (Fsp3) is 0.310. The van der Waals surface area contributed by atoms with Gasteiger partial charge in [-0.2, -0.15) is 0 Å². The largest absolute Gasteiger partial charge is 0.492 e. The number of hydrogen-bond donors (Lipinski definition) is 1. The van der Waals surface area contributed by atoms with Crippen molar-refractivity contribution in [3.8, 4) is 5.75 Å². The van der Waals surface area contributed by atoms with Crippen molar-refractivity contribution in [2.24, 2.45) is 0 Å². The van der Waals surface area contributed by atoms with Crippen molar-refractivity contribution < 1.29 is 22.7 Å². The standard InChI is InChI=1S/C29H34ClN3O5S2/c1-5-31-29(35)21(3)32(19-22-11-7-8-12-25(22)30)28(34)20-33(26-13-9-10-14-27(26)38-6-2)40(36,37)24-17-15-23(39-4)16-18-24/h7-18,21H,5-6,19-20H2,1-4H3,(H,31,35). The van der Waals surface area contributed by atoms with E-state index < -0.39 is 28.5 Å². The number of carbonyl (C=O) groups is 2. The van der Waals surface area contributed by atoms with Crippen molar-refractivity contribution in [2.45, 2.75) is 43.1 Å². The third-order valence-corrected chi connectivity index (χ3v) is 9.06. The molecule has 0 bridgehead atoms. The highest BCUT2D eigenvalue weighted by Gasteiger charge is 2.34. The number of sulfonamides is 1. The van der Waals surface area contributed by atoms with Crippen LogP contribution in [-0.2, 0) is 26.2 Å². The monoisotopic (exact) mass is 603 g/mol. The highest BCUT2D eigenvalue weighted by atomic mass is 35.5. The molecule has 2 amide bonds. The molecule has 3 aromatic rings. The van der Waals surface area contributed by atoms with Crippen molar-refractivity contribution >= 4 is 50.9 Å². The molecule has 0 saturated carbocycles. The van der Waals surface area contributed by atoms with Crippen molar-refractivity contribution in [3.63, 3.8) is 0 Å². The Morgan fingerprint density at radius 1 is 1.00 bits per heavy atom. The molecule has 1 unspecified atom stereocenters. The summed E-state index contributed by atoms with van der Waals surface area (Å²) in [5.74, 6) is -0.620. The Morgan fingerprint density at radius 2 is 1.65 bits per heavy atom. The second-order valence-electron chi connectivity index (χ2n) is 8.77. The van der Waals surface area contributed by atoms with Crippen LogP contribution >= 0.6 is 23.4 Å². The van der Waals surface area contributed by atoms with E-state index in [1.54, 1.807) is 81.4 Å². The number of carbonyl (C=O) groups excluding carboxylic acids is 2. The molecule has 0 spiro atoms. The number of nitrogens with zero attached hydrogens (tertiary/aromatic N) is 2. The quantitative estimate of drug-likeness (QED) is 0.270. The van der Waals surface area contributed by atoms with E-state index in [1.165, 1.54) is 28.8 Å². The maximum absolute atomic E-state index is 14.1. The van der Waals surface area contributed by atoms with Crippen molar-refractivity contribution in [2.75, 3.05) is 30.3 Å². The second-order valence-corrected chi connectivity index (χ2v) is 11.9. The lowest BCUT2D eigenvalue weighted by atomic mass is 10.1. The fourth-order valence-electron chi connectivity index (χ4n) is 4.04. The van der Waals surface area contributed by atoms with Crippen LogP contribution < -0.4 is 14.4 Å². The summed E-state index contributed by atoms with van der Waals surface area (Å²) in [5, 5.41) is 3.17. The summed E-state index contributed by atoms with van der Waals surface area (Å²) in [6.07, 6.45) is 1.90. The topological polar surface area (TPSA) is 96.0 Å². The van der Waals surface area contributed by atoms with Crippen LogP contribution in [-0.4, -0.2) is 57.1 Å². The molecular weight excluding hydrogens is 570 g/mol. The number of thioether (sulfide) groups is 1. The summed E-state index contributed by atoms with van der Waals surface area (Å²) >= 11 is 7.88. The van der Waals surface area contributed by atoms with E-state index in [0.717, 1.165) is 9.20 Å². The molecule has 0 aliphatic rings. The summed E-state index contributed by atoms with van der Waals surface area (Å²) < 4.78 is 34.9. The smallest absolute Gasteiger partial charge is 0.264 e. The number of amides is 2. The van der Waals surface area contributed by atoms with Gasteiger partial charge in [-0.3, -0.25) is 13.9 Å². The molecular formula is C29H34ClN3O5S2. The third kappa shape index (κ3) is 7.50. The maximum atomic E-state index is 14.1. The second kappa shape index (κ2) is 14.4. The zero-order valence-electron chi connectivity index (χ0n) is 23.0. The molecule has 0 aliphatic carbocycles. The molecule has 1 atom stereocenters. The third-order valence-electron chi connectivity index (χ3n) is 6.18. The van der Waals surface area contributed by atoms with Gasteiger partial charge in [0.15, 0.2) is 0 Å². The van der Waals surface area contributed by atoms with E-state index in [4.69, 9.17) is 16.3 Å². The van der Waals surface area contributed by atoms with Gasteiger partial charge in [0.1, 0.15) is 18.3 Å². The van der Waals surface area contributed by atoms with E-state index in [-0.39, 0.29) is 23.0 Å². The highest BCUT2D eigenvalue weighted by molar-refractivity contribution is 7.98. The summed E-state index contributed by atoms with van der Waals surface area (Å²) in [6, 6.07) is 19.2. The molecule has 214 valence electrons. The molecule has 0 fully saturated rings. The minimum absolute atomic E-state index is 0.0141. The van der Waals surface area contributed by atoms with E-state index in [1.807, 2.05) is 6.26 Å². The van der Waals surface area contributed by atoms with Gasteiger partial charge >= 0.3 is 0 Å². The van der Waals surface area contributed by atoms with Crippen molar-refractivity contribution in [1.82, 2.24) is 10.2 Å². The van der Waals surface area contributed by atoms with Crippen LogP contribution in [0.25, 0.3) is 0 Å². The molecule has 11 heteroatoms. The number of anilines is 1. The predicted octanol–water partition coefficient (Wildman–Crippen LogP) is 5.21. The van der Waals surface area contributed by atoms with Crippen molar-refractivity contribution in [3.05, 3.63) is 83.4 Å². The van der Waals surface area contributed by atoms with Crippen molar-refractivity contribution in [1.29, 1.82) is 0 Å². The van der Waals surface area contributed by atoms with Crippen LogP contribution in [0.4, 0.5) is 5.69 Å². The van der Waals surface area contributed by atoms with Crippen LogP contribution in [0.3, 0.4) is 0 Å². The lowest BCUT2D eigenvalue weighted by Gasteiger charge is -2.32. The Balaban J connectivity index is 2.09. The predicted molar refractivity (Wildman–Crippen MR) is 161 cm³/mol. The zero-order valence-corrected chi connectivity index (χ0v) is 25.4. The van der Waals surface area contributed by atoms with Crippen LogP contribution in [0.1, 0.15) is 26.3 Å². The molecule has 40 heavy (non-hydrogen) atoms. The molecule has 3 rings (SSSR count). The summed E-state index contributed by atoms with van der Waals surface area (Å²) in [5.41, 5.74) is 0.848. The van der Waals surface area contributed by atoms with Gasteiger partial charge in [-0.1, -0.05) is 41.9 Å². The summed E-state index contributed by atoms with van der Waals surface area (Å²) in [6.45, 7) is 5.31. The van der Waals surface area contributed by atoms with Gasteiger partial charge in [0.2, 0.25) is 11.8 Å². The van der Waals surface area contributed by atoms with Gasteiger partial charge in [0.05, 0.1) is 17.2 Å². The SMILES string of the molecule is CCNC(=O)C(C)N(Cc1ccccc1Cl)C(=O)CN(c1ccccc1OCC)S(=O)(=O)c1ccc(SC)cc1. The Kier molecular flexibility index (Phi) is 11.3. The molecule has 0 heterocycles. The zero-order chi connectivity index (χ0) is 29.3. The Labute approximate surface area is 245 Å². The minimum Gasteiger partial charge on any atom is -0.492 e. The lowest BCUT2D eigenvalue weighted by molar-refractivity contribution is -0.139. The van der Waals surface area contributed by atoms with Gasteiger partial charge in [-0.15, -0.1) is 11.8 Å². The van der Waals surface area contributed by atoms with Crippen LogP contribution in [0.15, 0.2) is 82.6 Å². The molecule has 8 nitrogen and oxygen atoms in total. The van der Waals surface area contributed by atoms with Gasteiger partial charge in [0.25, 0.3) is 10.0 Å². The number of halogens is 1. The van der Waals surface area contributed by atoms with Gasteiger partial charge < -0.3 is 15.0 Å². The number of likely N-dealkylation sites (N-methyl/N-ethyl adjacent to an activating group) is 1. The Morgan fingerprint density at radius 3 is 2.27 bits per heavy atom. The minimum atomic E-state index is -4.22. The first kappa shape index (κ1) is 31.3. The average Bonchev–Trinajstić information content (AvgIpc) is 2.95. The molecule has 0 aliphatic heterocycles. The first-order chi connectivity index (χ1) is 19.1. The number of benzene rings is 3. The van der Waals surface area contributed by atoms with Gasteiger partial charge in [-0.25, -0.2) is 8.42 Å². The number of hydrogen-bond acceptors (Lipinski definition) is 6. The summed E-state index contributed by atoms with van der Waals surface area (Å²) in [4.78, 5) is 29.1. The van der Waals surface area contributed by atoms with Crippen LogP contribution in [0.5, 0.6) is 5.75 Å².